The lowest BCUT2D eigenvalue weighted by Crippen LogP contribution is -2.36. The van der Waals surface area contributed by atoms with E-state index in [2.05, 4.69) is 0 Å². The van der Waals surface area contributed by atoms with Crippen LogP contribution in [0.3, 0.4) is 0 Å². The third kappa shape index (κ3) is 2.57. The molecule has 1 aromatic carbocycles. The number of benzene rings is 1. The van der Waals surface area contributed by atoms with Gasteiger partial charge in [-0.05, 0) is 18.9 Å². The summed E-state index contributed by atoms with van der Waals surface area (Å²) in [6, 6.07) is 6.48. The molecule has 18 heavy (non-hydrogen) atoms. The first-order chi connectivity index (χ1) is 8.69. The molecule has 1 aromatic rings. The van der Waals surface area contributed by atoms with Crippen LogP contribution in [0, 0.1) is 11.2 Å². The molecule has 1 aliphatic carbocycles. The Bertz CT molecular complexity index is 386. The molecule has 1 atom stereocenters. The minimum Gasteiger partial charge on any atom is -0.388 e. The van der Waals surface area contributed by atoms with Gasteiger partial charge in [-0.2, -0.15) is 0 Å². The highest BCUT2D eigenvalue weighted by atomic mass is 19.1. The van der Waals surface area contributed by atoms with Crippen molar-refractivity contribution in [1.82, 2.24) is 0 Å². The van der Waals surface area contributed by atoms with E-state index in [-0.39, 0.29) is 11.2 Å². The van der Waals surface area contributed by atoms with Crippen molar-refractivity contribution in [3.8, 4) is 0 Å². The lowest BCUT2D eigenvalue weighted by molar-refractivity contribution is 0.0142. The summed E-state index contributed by atoms with van der Waals surface area (Å²) in [5, 5.41) is 10.6. The van der Waals surface area contributed by atoms with Gasteiger partial charge in [0.05, 0.1) is 6.10 Å². The number of halogens is 1. The number of hydrogen-bond donors (Lipinski definition) is 2. The molecular formula is C15H22FNO. The van der Waals surface area contributed by atoms with E-state index in [4.69, 9.17) is 5.73 Å². The lowest BCUT2D eigenvalue weighted by atomic mass is 9.73. The zero-order valence-corrected chi connectivity index (χ0v) is 10.7. The molecule has 1 aliphatic rings. The van der Waals surface area contributed by atoms with Gasteiger partial charge in [-0.15, -0.1) is 0 Å². The van der Waals surface area contributed by atoms with Crippen molar-refractivity contribution in [2.24, 2.45) is 11.1 Å². The normalized spacial score (nSPS) is 21.3. The van der Waals surface area contributed by atoms with E-state index in [1.807, 2.05) is 0 Å². The van der Waals surface area contributed by atoms with E-state index in [9.17, 15) is 9.50 Å². The largest absolute Gasteiger partial charge is 0.388 e. The molecule has 0 aliphatic heterocycles. The second-order valence-electron chi connectivity index (χ2n) is 5.40. The summed E-state index contributed by atoms with van der Waals surface area (Å²) >= 11 is 0. The van der Waals surface area contributed by atoms with E-state index < -0.39 is 6.10 Å². The topological polar surface area (TPSA) is 46.2 Å². The Morgan fingerprint density at radius 2 is 1.78 bits per heavy atom. The smallest absolute Gasteiger partial charge is 0.129 e. The summed E-state index contributed by atoms with van der Waals surface area (Å²) in [5.74, 6) is -0.331. The van der Waals surface area contributed by atoms with Crippen LogP contribution >= 0.6 is 0 Å². The molecule has 0 amide bonds. The first kappa shape index (κ1) is 13.5. The highest BCUT2D eigenvalue weighted by Gasteiger charge is 2.38. The van der Waals surface area contributed by atoms with Gasteiger partial charge in [-0.25, -0.2) is 4.39 Å². The Hall–Kier alpha value is -0.930. The van der Waals surface area contributed by atoms with Crippen LogP contribution in [0.4, 0.5) is 4.39 Å². The van der Waals surface area contributed by atoms with Crippen molar-refractivity contribution in [3.63, 3.8) is 0 Å². The van der Waals surface area contributed by atoms with Gasteiger partial charge in [0.25, 0.3) is 0 Å². The Morgan fingerprint density at radius 3 is 2.33 bits per heavy atom. The first-order valence-corrected chi connectivity index (χ1v) is 6.82. The minimum atomic E-state index is -0.790. The zero-order chi connectivity index (χ0) is 13.0. The van der Waals surface area contributed by atoms with E-state index in [1.165, 1.54) is 18.9 Å². The van der Waals surface area contributed by atoms with Crippen LogP contribution in [-0.2, 0) is 0 Å². The highest BCUT2D eigenvalue weighted by Crippen LogP contribution is 2.44. The second kappa shape index (κ2) is 5.81. The maximum Gasteiger partial charge on any atom is 0.129 e. The van der Waals surface area contributed by atoms with Gasteiger partial charge in [-0.3, -0.25) is 0 Å². The maximum absolute atomic E-state index is 13.8. The van der Waals surface area contributed by atoms with Gasteiger partial charge in [0.2, 0.25) is 0 Å². The van der Waals surface area contributed by atoms with Gasteiger partial charge in [0.1, 0.15) is 5.82 Å². The van der Waals surface area contributed by atoms with Crippen molar-refractivity contribution >= 4 is 0 Å². The number of aliphatic hydroxyl groups is 1. The molecule has 2 nitrogen and oxygen atoms in total. The predicted octanol–water partition coefficient (Wildman–Crippen LogP) is 3.16. The molecule has 0 saturated heterocycles. The standard InChI is InChI=1S/C15H22FNO/c16-13-8-4-3-7-12(13)14(18)15(11-17)9-5-1-2-6-10-15/h3-4,7-8,14,18H,1-2,5-6,9-11,17H2. The van der Waals surface area contributed by atoms with Crippen molar-refractivity contribution in [3.05, 3.63) is 35.6 Å². The Kier molecular flexibility index (Phi) is 4.36. The average Bonchev–Trinajstić information content (AvgIpc) is 2.65. The molecule has 0 bridgehead atoms. The average molecular weight is 251 g/mol. The molecule has 0 heterocycles. The third-order valence-corrected chi connectivity index (χ3v) is 4.29. The summed E-state index contributed by atoms with van der Waals surface area (Å²) in [6.45, 7) is 0.419. The molecule has 0 aromatic heterocycles. The van der Waals surface area contributed by atoms with Crippen LogP contribution in [-0.4, -0.2) is 11.7 Å². The zero-order valence-electron chi connectivity index (χ0n) is 10.7. The fraction of sp³-hybridized carbons (Fsp3) is 0.600. The maximum atomic E-state index is 13.8. The molecule has 3 heteroatoms. The van der Waals surface area contributed by atoms with Crippen LogP contribution in [0.15, 0.2) is 24.3 Å². The monoisotopic (exact) mass is 251 g/mol. The quantitative estimate of drug-likeness (QED) is 0.811. The van der Waals surface area contributed by atoms with Gasteiger partial charge < -0.3 is 10.8 Å². The van der Waals surface area contributed by atoms with Crippen LogP contribution in [0.2, 0.25) is 0 Å². The fourth-order valence-corrected chi connectivity index (χ4v) is 3.05. The molecule has 1 saturated carbocycles. The van der Waals surface area contributed by atoms with Crippen LogP contribution in [0.1, 0.15) is 50.2 Å². The summed E-state index contributed by atoms with van der Waals surface area (Å²) in [6.07, 6.45) is 5.50. The Balaban J connectivity index is 2.28. The molecule has 0 radical (unpaired) electrons. The second-order valence-corrected chi connectivity index (χ2v) is 5.40. The third-order valence-electron chi connectivity index (χ3n) is 4.29. The van der Waals surface area contributed by atoms with Crippen LogP contribution in [0.5, 0.6) is 0 Å². The predicted molar refractivity (Wildman–Crippen MR) is 70.5 cm³/mol. The number of nitrogens with two attached hydrogens (primary N) is 1. The molecule has 3 N–H and O–H groups in total. The van der Waals surface area contributed by atoms with E-state index in [1.54, 1.807) is 18.2 Å². The van der Waals surface area contributed by atoms with Gasteiger partial charge in [0.15, 0.2) is 0 Å². The highest BCUT2D eigenvalue weighted by molar-refractivity contribution is 5.22. The summed E-state index contributed by atoms with van der Waals surface area (Å²) in [5.41, 5.74) is 5.96. The number of aliphatic hydroxyl groups excluding tert-OH is 1. The molecular weight excluding hydrogens is 229 g/mol. The molecule has 1 fully saturated rings. The van der Waals surface area contributed by atoms with Crippen LogP contribution in [0.25, 0.3) is 0 Å². The molecule has 100 valence electrons. The Labute approximate surface area is 108 Å². The van der Waals surface area contributed by atoms with Crippen LogP contribution < -0.4 is 5.73 Å². The van der Waals surface area contributed by atoms with E-state index in [0.29, 0.717) is 12.1 Å². The Morgan fingerprint density at radius 1 is 1.17 bits per heavy atom. The van der Waals surface area contributed by atoms with Gasteiger partial charge >= 0.3 is 0 Å². The summed E-state index contributed by atoms with van der Waals surface area (Å²) in [4.78, 5) is 0. The van der Waals surface area contributed by atoms with E-state index >= 15 is 0 Å². The summed E-state index contributed by atoms with van der Waals surface area (Å²) < 4.78 is 13.8. The fourth-order valence-electron chi connectivity index (χ4n) is 3.05. The number of hydrogen-bond acceptors (Lipinski definition) is 2. The van der Waals surface area contributed by atoms with Crippen molar-refractivity contribution < 1.29 is 9.50 Å². The van der Waals surface area contributed by atoms with Crippen molar-refractivity contribution in [2.45, 2.75) is 44.6 Å². The summed E-state index contributed by atoms with van der Waals surface area (Å²) in [7, 11) is 0. The first-order valence-electron chi connectivity index (χ1n) is 6.82. The van der Waals surface area contributed by atoms with E-state index in [0.717, 1.165) is 25.7 Å². The van der Waals surface area contributed by atoms with Gasteiger partial charge in [-0.1, -0.05) is 43.9 Å². The SMILES string of the molecule is NCC1(C(O)c2ccccc2F)CCCCCC1. The lowest BCUT2D eigenvalue weighted by Gasteiger charge is -2.36. The molecule has 1 unspecified atom stereocenters. The van der Waals surface area contributed by atoms with Crippen molar-refractivity contribution in [2.75, 3.05) is 6.54 Å². The molecule has 2 rings (SSSR count). The molecule has 0 spiro atoms. The van der Waals surface area contributed by atoms with Crippen molar-refractivity contribution in [1.29, 1.82) is 0 Å². The minimum absolute atomic E-state index is 0.331. The van der Waals surface area contributed by atoms with Gasteiger partial charge in [0, 0.05) is 17.5 Å². The number of rotatable bonds is 3.